The van der Waals surface area contributed by atoms with Gasteiger partial charge in [0.15, 0.2) is 0 Å². The lowest BCUT2D eigenvalue weighted by molar-refractivity contribution is 0.335. The van der Waals surface area contributed by atoms with Gasteiger partial charge in [-0.2, -0.15) is 0 Å². The fraction of sp³-hybridized carbons (Fsp3) is 0.571. The standard InChI is InChI=1S/C14H20Cl2/c1-4-7-14(3,10-15)9-12-6-5-11(2)8-13(12)16/h5-6,8H,4,7,9-10H2,1-3H3. The number of hydrogen-bond donors (Lipinski definition) is 0. The van der Waals surface area contributed by atoms with Crippen molar-refractivity contribution in [3.05, 3.63) is 34.3 Å². The predicted molar refractivity (Wildman–Crippen MR) is 73.6 cm³/mol. The summed E-state index contributed by atoms with van der Waals surface area (Å²) in [6.45, 7) is 6.49. The van der Waals surface area contributed by atoms with Gasteiger partial charge in [-0.15, -0.1) is 11.6 Å². The van der Waals surface area contributed by atoms with Gasteiger partial charge in [-0.25, -0.2) is 0 Å². The van der Waals surface area contributed by atoms with E-state index in [2.05, 4.69) is 32.9 Å². The average molecular weight is 259 g/mol. The molecular formula is C14H20Cl2. The molecule has 0 N–H and O–H groups in total. The van der Waals surface area contributed by atoms with Crippen molar-refractivity contribution in [2.24, 2.45) is 5.41 Å². The van der Waals surface area contributed by atoms with Crippen LogP contribution in [0.4, 0.5) is 0 Å². The molecule has 16 heavy (non-hydrogen) atoms. The summed E-state index contributed by atoms with van der Waals surface area (Å²) in [7, 11) is 0. The Morgan fingerprint density at radius 1 is 1.31 bits per heavy atom. The SMILES string of the molecule is CCCC(C)(CCl)Cc1ccc(C)cc1Cl. The van der Waals surface area contributed by atoms with Crippen LogP contribution in [0, 0.1) is 12.3 Å². The minimum absolute atomic E-state index is 0.162. The van der Waals surface area contributed by atoms with Crippen LogP contribution in [0.3, 0.4) is 0 Å². The molecule has 0 aliphatic carbocycles. The van der Waals surface area contributed by atoms with Crippen molar-refractivity contribution in [2.75, 3.05) is 5.88 Å². The molecule has 1 aromatic carbocycles. The lowest BCUT2D eigenvalue weighted by Crippen LogP contribution is -2.21. The first kappa shape index (κ1) is 13.9. The Morgan fingerprint density at radius 2 is 2.00 bits per heavy atom. The Balaban J connectivity index is 2.85. The third kappa shape index (κ3) is 3.68. The molecule has 1 unspecified atom stereocenters. The van der Waals surface area contributed by atoms with Gasteiger partial charge in [-0.3, -0.25) is 0 Å². The predicted octanol–water partition coefficient (Wildman–Crippen LogP) is 5.24. The van der Waals surface area contributed by atoms with Crippen molar-refractivity contribution >= 4 is 23.2 Å². The van der Waals surface area contributed by atoms with Gasteiger partial charge in [0.1, 0.15) is 0 Å². The number of rotatable bonds is 5. The first-order valence-electron chi connectivity index (χ1n) is 5.82. The minimum Gasteiger partial charge on any atom is -0.126 e. The van der Waals surface area contributed by atoms with Gasteiger partial charge in [0, 0.05) is 10.9 Å². The molecule has 0 saturated carbocycles. The monoisotopic (exact) mass is 258 g/mol. The molecule has 0 aliphatic heterocycles. The fourth-order valence-corrected chi connectivity index (χ4v) is 2.59. The largest absolute Gasteiger partial charge is 0.126 e. The molecule has 1 atom stereocenters. The molecule has 0 radical (unpaired) electrons. The first-order chi connectivity index (χ1) is 7.50. The van der Waals surface area contributed by atoms with Crippen molar-refractivity contribution in [3.63, 3.8) is 0 Å². The van der Waals surface area contributed by atoms with Gasteiger partial charge in [0.05, 0.1) is 0 Å². The number of aryl methyl sites for hydroxylation is 1. The summed E-state index contributed by atoms with van der Waals surface area (Å²) in [5.74, 6) is 0.686. The summed E-state index contributed by atoms with van der Waals surface area (Å²) in [4.78, 5) is 0. The van der Waals surface area contributed by atoms with E-state index in [0.717, 1.165) is 24.3 Å². The van der Waals surface area contributed by atoms with Gasteiger partial charge in [0.25, 0.3) is 0 Å². The smallest absolute Gasteiger partial charge is 0.0440 e. The quantitative estimate of drug-likeness (QED) is 0.634. The number of benzene rings is 1. The fourth-order valence-electron chi connectivity index (χ4n) is 2.06. The van der Waals surface area contributed by atoms with E-state index in [1.54, 1.807) is 0 Å². The van der Waals surface area contributed by atoms with Crippen LogP contribution in [-0.4, -0.2) is 5.88 Å². The second-order valence-electron chi connectivity index (χ2n) is 4.97. The molecule has 1 aromatic rings. The number of halogens is 2. The van der Waals surface area contributed by atoms with E-state index in [4.69, 9.17) is 23.2 Å². The average Bonchev–Trinajstić information content (AvgIpc) is 2.23. The molecule has 0 amide bonds. The van der Waals surface area contributed by atoms with Crippen LogP contribution in [0.5, 0.6) is 0 Å². The van der Waals surface area contributed by atoms with Gasteiger partial charge >= 0.3 is 0 Å². The van der Waals surface area contributed by atoms with Gasteiger partial charge in [-0.05, 0) is 42.4 Å². The number of hydrogen-bond acceptors (Lipinski definition) is 0. The molecule has 0 heterocycles. The second kappa shape index (κ2) is 5.93. The van der Waals surface area contributed by atoms with Crippen molar-refractivity contribution < 1.29 is 0 Å². The highest BCUT2D eigenvalue weighted by Crippen LogP contribution is 2.32. The zero-order valence-corrected chi connectivity index (χ0v) is 11.8. The highest BCUT2D eigenvalue weighted by Gasteiger charge is 2.23. The van der Waals surface area contributed by atoms with Gasteiger partial charge < -0.3 is 0 Å². The molecule has 0 fully saturated rings. The van der Waals surface area contributed by atoms with Crippen LogP contribution in [0.15, 0.2) is 18.2 Å². The highest BCUT2D eigenvalue weighted by molar-refractivity contribution is 6.31. The molecule has 1 rings (SSSR count). The zero-order chi connectivity index (χ0) is 12.2. The molecule has 0 aliphatic rings. The van der Waals surface area contributed by atoms with E-state index in [9.17, 15) is 0 Å². The van der Waals surface area contributed by atoms with E-state index in [0.29, 0.717) is 5.88 Å². The highest BCUT2D eigenvalue weighted by atomic mass is 35.5. The zero-order valence-electron chi connectivity index (χ0n) is 10.3. The molecule has 90 valence electrons. The maximum absolute atomic E-state index is 6.25. The van der Waals surface area contributed by atoms with E-state index in [1.165, 1.54) is 11.1 Å². The third-order valence-corrected chi connectivity index (χ3v) is 4.00. The lowest BCUT2D eigenvalue weighted by Gasteiger charge is -2.27. The Morgan fingerprint density at radius 3 is 2.50 bits per heavy atom. The van der Waals surface area contributed by atoms with Crippen molar-refractivity contribution in [1.82, 2.24) is 0 Å². The van der Waals surface area contributed by atoms with Crippen LogP contribution in [0.2, 0.25) is 5.02 Å². The summed E-state index contributed by atoms with van der Waals surface area (Å²) in [5.41, 5.74) is 2.58. The van der Waals surface area contributed by atoms with E-state index >= 15 is 0 Å². The Labute approximate surface area is 109 Å². The second-order valence-corrected chi connectivity index (χ2v) is 5.64. The Kier molecular flexibility index (Phi) is 5.14. The van der Waals surface area contributed by atoms with Crippen LogP contribution < -0.4 is 0 Å². The maximum Gasteiger partial charge on any atom is 0.0440 e. The normalized spacial score (nSPS) is 14.8. The molecule has 0 saturated heterocycles. The van der Waals surface area contributed by atoms with Gasteiger partial charge in [0.2, 0.25) is 0 Å². The van der Waals surface area contributed by atoms with E-state index in [-0.39, 0.29) is 5.41 Å². The summed E-state index contributed by atoms with van der Waals surface area (Å²) >= 11 is 12.3. The van der Waals surface area contributed by atoms with Crippen molar-refractivity contribution in [1.29, 1.82) is 0 Å². The van der Waals surface area contributed by atoms with Crippen LogP contribution in [0.1, 0.15) is 37.8 Å². The lowest BCUT2D eigenvalue weighted by atomic mass is 9.81. The summed E-state index contributed by atoms with van der Waals surface area (Å²) in [5, 5.41) is 0.868. The molecule has 0 spiro atoms. The summed E-state index contributed by atoms with van der Waals surface area (Å²) in [6.07, 6.45) is 3.26. The Hall–Kier alpha value is -0.200. The van der Waals surface area contributed by atoms with E-state index < -0.39 is 0 Å². The number of alkyl halides is 1. The van der Waals surface area contributed by atoms with Crippen molar-refractivity contribution in [2.45, 2.75) is 40.0 Å². The summed E-state index contributed by atoms with van der Waals surface area (Å²) < 4.78 is 0. The van der Waals surface area contributed by atoms with Crippen LogP contribution in [0.25, 0.3) is 0 Å². The summed E-state index contributed by atoms with van der Waals surface area (Å²) in [6, 6.07) is 6.26. The molecule has 0 aromatic heterocycles. The van der Waals surface area contributed by atoms with E-state index in [1.807, 2.05) is 6.07 Å². The molecular weight excluding hydrogens is 239 g/mol. The third-order valence-electron chi connectivity index (χ3n) is 3.00. The van der Waals surface area contributed by atoms with Crippen molar-refractivity contribution in [3.8, 4) is 0 Å². The molecule has 0 bridgehead atoms. The Bertz CT molecular complexity index is 347. The van der Waals surface area contributed by atoms with Crippen LogP contribution in [-0.2, 0) is 6.42 Å². The van der Waals surface area contributed by atoms with Crippen LogP contribution >= 0.6 is 23.2 Å². The first-order valence-corrected chi connectivity index (χ1v) is 6.73. The molecule has 2 heteroatoms. The maximum atomic E-state index is 6.25. The minimum atomic E-state index is 0.162. The topological polar surface area (TPSA) is 0 Å². The molecule has 0 nitrogen and oxygen atoms in total. The van der Waals surface area contributed by atoms with Gasteiger partial charge in [-0.1, -0.05) is 44.0 Å².